The van der Waals surface area contributed by atoms with Crippen molar-refractivity contribution in [3.8, 4) is 0 Å². The molecule has 0 atom stereocenters. The minimum atomic E-state index is -0.408. The zero-order chi connectivity index (χ0) is 11.5. The van der Waals surface area contributed by atoms with E-state index in [1.54, 1.807) is 12.4 Å². The third kappa shape index (κ3) is 2.25. The van der Waals surface area contributed by atoms with Gasteiger partial charge in [0.15, 0.2) is 0 Å². The van der Waals surface area contributed by atoms with Gasteiger partial charge in [-0.05, 0) is 18.1 Å². The summed E-state index contributed by atoms with van der Waals surface area (Å²) in [7, 11) is 0. The molecule has 0 aromatic carbocycles. The second-order valence-corrected chi connectivity index (χ2v) is 3.61. The summed E-state index contributed by atoms with van der Waals surface area (Å²) in [6, 6.07) is 3.27. The average Bonchev–Trinajstić information content (AvgIpc) is 2.22. The van der Waals surface area contributed by atoms with E-state index < -0.39 is 5.69 Å². The van der Waals surface area contributed by atoms with E-state index in [-0.39, 0.29) is 5.56 Å². The highest BCUT2D eigenvalue weighted by atomic mass is 16.2. The second kappa shape index (κ2) is 4.14. The number of nitrogens with zero attached hydrogens (tertiary/aromatic N) is 2. The first-order valence-electron chi connectivity index (χ1n) is 4.85. The fourth-order valence-corrected chi connectivity index (χ4v) is 1.47. The van der Waals surface area contributed by atoms with Crippen LogP contribution < -0.4 is 11.2 Å². The van der Waals surface area contributed by atoms with Crippen LogP contribution in [0.15, 0.2) is 40.3 Å². The molecular weight excluding hydrogens is 206 g/mol. The minimum Gasteiger partial charge on any atom is -0.296 e. The van der Waals surface area contributed by atoms with E-state index in [9.17, 15) is 9.59 Å². The van der Waals surface area contributed by atoms with Gasteiger partial charge in [-0.25, -0.2) is 4.79 Å². The van der Waals surface area contributed by atoms with Gasteiger partial charge >= 0.3 is 5.69 Å². The summed E-state index contributed by atoms with van der Waals surface area (Å²) >= 11 is 0. The zero-order valence-electron chi connectivity index (χ0n) is 8.80. The molecule has 5 heteroatoms. The van der Waals surface area contributed by atoms with Gasteiger partial charge in [0.05, 0.1) is 6.54 Å². The molecule has 2 aromatic rings. The molecule has 0 amide bonds. The first-order valence-corrected chi connectivity index (χ1v) is 4.85. The van der Waals surface area contributed by atoms with Gasteiger partial charge in [0.1, 0.15) is 0 Å². The first-order chi connectivity index (χ1) is 7.65. The number of pyridine rings is 1. The smallest absolute Gasteiger partial charge is 0.296 e. The molecule has 0 fully saturated rings. The lowest BCUT2D eigenvalue weighted by atomic mass is 10.2. The Balaban J connectivity index is 2.34. The van der Waals surface area contributed by atoms with Crippen molar-refractivity contribution in [2.45, 2.75) is 13.5 Å². The molecule has 1 N–H and O–H groups in total. The molecule has 0 radical (unpaired) electrons. The van der Waals surface area contributed by atoms with Crippen LogP contribution in [-0.4, -0.2) is 14.5 Å². The van der Waals surface area contributed by atoms with E-state index >= 15 is 0 Å². The Hall–Kier alpha value is -2.17. The number of aromatic nitrogens is 3. The van der Waals surface area contributed by atoms with Crippen molar-refractivity contribution in [1.29, 1.82) is 0 Å². The Morgan fingerprint density at radius 2 is 2.19 bits per heavy atom. The van der Waals surface area contributed by atoms with Gasteiger partial charge in [-0.3, -0.25) is 19.3 Å². The van der Waals surface area contributed by atoms with Crippen molar-refractivity contribution in [3.05, 3.63) is 62.7 Å². The van der Waals surface area contributed by atoms with Crippen LogP contribution in [-0.2, 0) is 6.54 Å². The Kier molecular flexibility index (Phi) is 2.68. The molecule has 0 unspecified atom stereocenters. The molecule has 0 aliphatic heterocycles. The molecule has 2 aromatic heterocycles. The van der Waals surface area contributed by atoms with Crippen LogP contribution in [0.3, 0.4) is 0 Å². The molecule has 5 nitrogen and oxygen atoms in total. The van der Waals surface area contributed by atoms with E-state index in [4.69, 9.17) is 0 Å². The van der Waals surface area contributed by atoms with E-state index in [1.165, 1.54) is 16.8 Å². The Labute approximate surface area is 91.4 Å². The quantitative estimate of drug-likeness (QED) is 0.786. The highest BCUT2D eigenvalue weighted by Gasteiger charge is 1.99. The normalized spacial score (nSPS) is 10.3. The number of aromatic amines is 1. The summed E-state index contributed by atoms with van der Waals surface area (Å²) in [5.41, 5.74) is 1.17. The summed E-state index contributed by atoms with van der Waals surface area (Å²) in [5.74, 6) is 0. The monoisotopic (exact) mass is 217 g/mol. The zero-order valence-corrected chi connectivity index (χ0v) is 8.80. The van der Waals surface area contributed by atoms with Crippen molar-refractivity contribution in [3.63, 3.8) is 0 Å². The Morgan fingerprint density at radius 1 is 1.38 bits per heavy atom. The van der Waals surface area contributed by atoms with Gasteiger partial charge in [-0.2, -0.15) is 0 Å². The maximum absolute atomic E-state index is 11.4. The van der Waals surface area contributed by atoms with Gasteiger partial charge in [0, 0.05) is 24.7 Å². The number of aryl methyl sites for hydroxylation is 1. The lowest BCUT2D eigenvalue weighted by Gasteiger charge is -2.04. The summed E-state index contributed by atoms with van der Waals surface area (Å²) in [4.78, 5) is 28.5. The maximum atomic E-state index is 11.4. The average molecular weight is 217 g/mol. The molecule has 0 spiro atoms. The van der Waals surface area contributed by atoms with Gasteiger partial charge in [0.2, 0.25) is 0 Å². The SMILES string of the molecule is Cc1cncc(Cn2ccc(=O)[nH]c2=O)c1. The van der Waals surface area contributed by atoms with Crippen molar-refractivity contribution in [2.75, 3.05) is 0 Å². The van der Waals surface area contributed by atoms with Crippen molar-refractivity contribution < 1.29 is 0 Å². The maximum Gasteiger partial charge on any atom is 0.328 e. The minimum absolute atomic E-state index is 0.386. The third-order valence-electron chi connectivity index (χ3n) is 2.18. The van der Waals surface area contributed by atoms with Gasteiger partial charge in [-0.1, -0.05) is 6.07 Å². The van der Waals surface area contributed by atoms with Crippen LogP contribution >= 0.6 is 0 Å². The van der Waals surface area contributed by atoms with E-state index in [0.29, 0.717) is 6.54 Å². The van der Waals surface area contributed by atoms with Crippen LogP contribution in [0.5, 0.6) is 0 Å². The second-order valence-electron chi connectivity index (χ2n) is 3.61. The van der Waals surface area contributed by atoms with Crippen LogP contribution in [0.1, 0.15) is 11.1 Å². The summed E-state index contributed by atoms with van der Waals surface area (Å²) < 4.78 is 1.43. The molecule has 82 valence electrons. The van der Waals surface area contributed by atoms with E-state index in [1.807, 2.05) is 13.0 Å². The lowest BCUT2D eigenvalue weighted by molar-refractivity contribution is 0.717. The number of H-pyrrole nitrogens is 1. The van der Waals surface area contributed by atoms with Crippen molar-refractivity contribution in [1.82, 2.24) is 14.5 Å². The van der Waals surface area contributed by atoms with Crippen LogP contribution in [0.4, 0.5) is 0 Å². The molecule has 2 rings (SSSR count). The molecule has 0 bridgehead atoms. The predicted molar refractivity (Wildman–Crippen MR) is 59.4 cm³/mol. The lowest BCUT2D eigenvalue weighted by Crippen LogP contribution is -2.28. The van der Waals surface area contributed by atoms with Crippen LogP contribution in [0.25, 0.3) is 0 Å². The molecule has 0 saturated heterocycles. The number of hydrogen-bond acceptors (Lipinski definition) is 3. The first kappa shape index (κ1) is 10.4. The van der Waals surface area contributed by atoms with E-state index in [0.717, 1.165) is 11.1 Å². The molecular formula is C11H11N3O2. The number of nitrogens with one attached hydrogen (secondary N) is 1. The van der Waals surface area contributed by atoms with Crippen LogP contribution in [0, 0.1) is 6.92 Å². The molecule has 0 saturated carbocycles. The molecule has 2 heterocycles. The molecule has 0 aliphatic rings. The topological polar surface area (TPSA) is 67.8 Å². The van der Waals surface area contributed by atoms with Gasteiger partial charge in [0.25, 0.3) is 5.56 Å². The predicted octanol–water partition coefficient (Wildman–Crippen LogP) is 0.288. The number of hydrogen-bond donors (Lipinski definition) is 1. The fourth-order valence-electron chi connectivity index (χ4n) is 1.47. The Morgan fingerprint density at radius 3 is 2.88 bits per heavy atom. The molecule has 16 heavy (non-hydrogen) atoms. The molecule has 0 aliphatic carbocycles. The summed E-state index contributed by atoms with van der Waals surface area (Å²) in [6.07, 6.45) is 4.92. The van der Waals surface area contributed by atoms with Crippen molar-refractivity contribution >= 4 is 0 Å². The largest absolute Gasteiger partial charge is 0.328 e. The summed E-state index contributed by atoms with van der Waals surface area (Å²) in [6.45, 7) is 2.34. The summed E-state index contributed by atoms with van der Waals surface area (Å²) in [5, 5.41) is 0. The number of rotatable bonds is 2. The Bertz CT molecular complexity index is 613. The van der Waals surface area contributed by atoms with Gasteiger partial charge in [-0.15, -0.1) is 0 Å². The van der Waals surface area contributed by atoms with Crippen LogP contribution in [0.2, 0.25) is 0 Å². The third-order valence-corrected chi connectivity index (χ3v) is 2.18. The standard InChI is InChI=1S/C11H11N3O2/c1-8-4-9(6-12-5-8)7-14-3-2-10(15)13-11(14)16/h2-6H,7H2,1H3,(H,13,15,16). The fraction of sp³-hybridized carbons (Fsp3) is 0.182. The highest BCUT2D eigenvalue weighted by molar-refractivity contribution is 5.16. The van der Waals surface area contributed by atoms with E-state index in [2.05, 4.69) is 9.97 Å². The highest BCUT2D eigenvalue weighted by Crippen LogP contribution is 2.01. The van der Waals surface area contributed by atoms with Crippen molar-refractivity contribution in [2.24, 2.45) is 0 Å². The van der Waals surface area contributed by atoms with Gasteiger partial charge < -0.3 is 0 Å².